The minimum Gasteiger partial charge on any atom is -0.445 e. The summed E-state index contributed by atoms with van der Waals surface area (Å²) in [7, 11) is 0. The van der Waals surface area contributed by atoms with Crippen LogP contribution < -0.4 is 10.2 Å². The van der Waals surface area contributed by atoms with E-state index >= 15 is 0 Å². The molecular formula is C19H20F2N2O2. The summed E-state index contributed by atoms with van der Waals surface area (Å²) in [5.74, 6) is -0.884. The lowest BCUT2D eigenvalue weighted by molar-refractivity contribution is 0.140. The van der Waals surface area contributed by atoms with Gasteiger partial charge in [-0.05, 0) is 30.0 Å². The second kappa shape index (κ2) is 7.96. The maximum absolute atomic E-state index is 14.1. The van der Waals surface area contributed by atoms with Crippen molar-refractivity contribution in [2.24, 2.45) is 0 Å². The van der Waals surface area contributed by atoms with Crippen LogP contribution in [0, 0.1) is 11.6 Å². The number of carbonyl (C=O) groups excluding carboxylic acids is 1. The zero-order valence-corrected chi connectivity index (χ0v) is 13.8. The molecule has 1 aliphatic rings. The third-order valence-electron chi connectivity index (χ3n) is 4.19. The Morgan fingerprint density at radius 3 is 2.56 bits per heavy atom. The predicted octanol–water partition coefficient (Wildman–Crippen LogP) is 3.64. The summed E-state index contributed by atoms with van der Waals surface area (Å²) >= 11 is 0. The zero-order chi connectivity index (χ0) is 17.6. The fourth-order valence-electron chi connectivity index (χ4n) is 2.64. The number of amides is 1. The molecule has 25 heavy (non-hydrogen) atoms. The quantitative estimate of drug-likeness (QED) is 0.868. The van der Waals surface area contributed by atoms with Crippen LogP contribution in [0.1, 0.15) is 17.5 Å². The number of rotatable bonds is 6. The standard InChI is InChI=1S/C19H20F2N2O2/c20-16-12-18(23-9-4-10-23)17(21)11-15(16)7-8-22-19(24)25-13-14-5-2-1-3-6-14/h1-3,5-6,11-12H,4,7-10,13H2,(H,22,24). The molecule has 1 amide bonds. The number of ether oxygens (including phenoxy) is 1. The highest BCUT2D eigenvalue weighted by Gasteiger charge is 2.20. The van der Waals surface area contributed by atoms with Crippen molar-refractivity contribution in [1.29, 1.82) is 0 Å². The van der Waals surface area contributed by atoms with Crippen molar-refractivity contribution in [3.63, 3.8) is 0 Å². The lowest BCUT2D eigenvalue weighted by Crippen LogP contribution is -2.37. The van der Waals surface area contributed by atoms with Crippen LogP contribution in [0.2, 0.25) is 0 Å². The molecule has 2 aromatic carbocycles. The van der Waals surface area contributed by atoms with Gasteiger partial charge in [-0.3, -0.25) is 0 Å². The summed E-state index contributed by atoms with van der Waals surface area (Å²) in [4.78, 5) is 13.4. The molecule has 0 spiro atoms. The molecule has 0 bridgehead atoms. The van der Waals surface area contributed by atoms with Gasteiger partial charge in [0, 0.05) is 25.7 Å². The third-order valence-corrected chi connectivity index (χ3v) is 4.19. The van der Waals surface area contributed by atoms with E-state index in [0.29, 0.717) is 5.69 Å². The van der Waals surface area contributed by atoms with E-state index in [2.05, 4.69) is 5.32 Å². The molecule has 0 aromatic heterocycles. The molecule has 0 unspecified atom stereocenters. The van der Waals surface area contributed by atoms with Gasteiger partial charge in [0.1, 0.15) is 18.2 Å². The van der Waals surface area contributed by atoms with Gasteiger partial charge in [0.2, 0.25) is 0 Å². The van der Waals surface area contributed by atoms with Crippen LogP contribution in [-0.2, 0) is 17.8 Å². The third kappa shape index (κ3) is 4.47. The first kappa shape index (κ1) is 17.2. The number of benzene rings is 2. The van der Waals surface area contributed by atoms with Crippen molar-refractivity contribution in [2.45, 2.75) is 19.4 Å². The topological polar surface area (TPSA) is 41.6 Å². The van der Waals surface area contributed by atoms with Crippen LogP contribution in [0.4, 0.5) is 19.3 Å². The number of hydrogen-bond donors (Lipinski definition) is 1. The first-order valence-corrected chi connectivity index (χ1v) is 8.31. The maximum Gasteiger partial charge on any atom is 0.407 e. The SMILES string of the molecule is O=C(NCCc1cc(F)c(N2CCC2)cc1F)OCc1ccccc1. The summed E-state index contributed by atoms with van der Waals surface area (Å²) < 4.78 is 33.3. The molecule has 0 atom stereocenters. The average molecular weight is 346 g/mol. The van der Waals surface area contributed by atoms with Gasteiger partial charge in [-0.2, -0.15) is 0 Å². The predicted molar refractivity (Wildman–Crippen MR) is 91.5 cm³/mol. The lowest BCUT2D eigenvalue weighted by atomic mass is 10.1. The number of anilines is 1. The van der Waals surface area contributed by atoms with Crippen molar-refractivity contribution in [1.82, 2.24) is 5.32 Å². The van der Waals surface area contributed by atoms with Gasteiger partial charge >= 0.3 is 6.09 Å². The van der Waals surface area contributed by atoms with E-state index in [0.717, 1.165) is 25.1 Å². The summed E-state index contributed by atoms with van der Waals surface area (Å²) in [6.07, 6.45) is 0.614. The van der Waals surface area contributed by atoms with E-state index in [-0.39, 0.29) is 25.1 Å². The number of nitrogens with zero attached hydrogens (tertiary/aromatic N) is 1. The van der Waals surface area contributed by atoms with Crippen LogP contribution >= 0.6 is 0 Å². The van der Waals surface area contributed by atoms with E-state index in [4.69, 9.17) is 4.74 Å². The largest absolute Gasteiger partial charge is 0.445 e. The van der Waals surface area contributed by atoms with Crippen LogP contribution in [0.25, 0.3) is 0 Å². The van der Waals surface area contributed by atoms with Gasteiger partial charge < -0.3 is 15.0 Å². The Balaban J connectivity index is 1.46. The molecule has 132 valence electrons. The molecule has 4 nitrogen and oxygen atoms in total. The summed E-state index contributed by atoms with van der Waals surface area (Å²) in [5, 5.41) is 2.55. The second-order valence-corrected chi connectivity index (χ2v) is 5.97. The highest BCUT2D eigenvalue weighted by molar-refractivity contribution is 5.67. The van der Waals surface area contributed by atoms with E-state index < -0.39 is 17.7 Å². The number of alkyl carbamates (subject to hydrolysis) is 1. The van der Waals surface area contributed by atoms with Crippen molar-refractivity contribution < 1.29 is 18.3 Å². The fraction of sp³-hybridized carbons (Fsp3) is 0.316. The Labute approximate surface area is 145 Å². The van der Waals surface area contributed by atoms with Gasteiger partial charge in [-0.1, -0.05) is 30.3 Å². The molecule has 1 fully saturated rings. The van der Waals surface area contributed by atoms with Crippen molar-refractivity contribution in [3.05, 3.63) is 65.2 Å². The van der Waals surface area contributed by atoms with Gasteiger partial charge in [0.25, 0.3) is 0 Å². The molecule has 1 saturated heterocycles. The summed E-state index contributed by atoms with van der Waals surface area (Å²) in [6.45, 7) is 1.85. The summed E-state index contributed by atoms with van der Waals surface area (Å²) in [6, 6.07) is 11.7. The Hall–Kier alpha value is -2.63. The molecule has 1 heterocycles. The smallest absolute Gasteiger partial charge is 0.407 e. The van der Waals surface area contributed by atoms with Crippen LogP contribution in [0.3, 0.4) is 0 Å². The highest BCUT2D eigenvalue weighted by atomic mass is 19.1. The molecule has 2 aromatic rings. The number of hydrogen-bond acceptors (Lipinski definition) is 3. The summed E-state index contributed by atoms with van der Waals surface area (Å²) in [5.41, 5.74) is 1.43. The number of halogens is 2. The van der Waals surface area contributed by atoms with Gasteiger partial charge in [-0.15, -0.1) is 0 Å². The Morgan fingerprint density at radius 2 is 1.88 bits per heavy atom. The Morgan fingerprint density at radius 1 is 1.12 bits per heavy atom. The molecule has 0 aliphatic carbocycles. The van der Waals surface area contributed by atoms with Crippen molar-refractivity contribution in [2.75, 3.05) is 24.5 Å². The monoisotopic (exact) mass is 346 g/mol. The van der Waals surface area contributed by atoms with Gasteiger partial charge in [0.15, 0.2) is 0 Å². The average Bonchev–Trinajstić information content (AvgIpc) is 2.56. The molecule has 1 N–H and O–H groups in total. The van der Waals surface area contributed by atoms with Gasteiger partial charge in [-0.25, -0.2) is 13.6 Å². The van der Waals surface area contributed by atoms with E-state index in [1.807, 2.05) is 30.3 Å². The lowest BCUT2D eigenvalue weighted by Gasteiger charge is -2.33. The second-order valence-electron chi connectivity index (χ2n) is 5.97. The molecule has 1 aliphatic heterocycles. The normalized spacial score (nSPS) is 13.3. The maximum atomic E-state index is 14.1. The number of nitrogens with one attached hydrogen (secondary N) is 1. The first-order valence-electron chi connectivity index (χ1n) is 8.31. The van der Waals surface area contributed by atoms with Crippen molar-refractivity contribution >= 4 is 11.8 Å². The zero-order valence-electron chi connectivity index (χ0n) is 13.8. The minimum absolute atomic E-state index is 0.167. The molecular weight excluding hydrogens is 326 g/mol. The number of carbonyl (C=O) groups is 1. The fourth-order valence-corrected chi connectivity index (χ4v) is 2.64. The molecule has 3 rings (SSSR count). The van der Waals surface area contributed by atoms with E-state index in [1.54, 1.807) is 4.90 Å². The van der Waals surface area contributed by atoms with Gasteiger partial charge in [0.05, 0.1) is 5.69 Å². The molecule has 0 saturated carbocycles. The first-order chi connectivity index (χ1) is 12.1. The van der Waals surface area contributed by atoms with Crippen molar-refractivity contribution in [3.8, 4) is 0 Å². The minimum atomic E-state index is -0.582. The molecule has 0 radical (unpaired) electrons. The van der Waals surface area contributed by atoms with Crippen LogP contribution in [-0.4, -0.2) is 25.7 Å². The Kier molecular flexibility index (Phi) is 5.48. The molecule has 6 heteroatoms. The van der Waals surface area contributed by atoms with Crippen LogP contribution in [0.15, 0.2) is 42.5 Å². The highest BCUT2D eigenvalue weighted by Crippen LogP contribution is 2.27. The Bertz CT molecular complexity index is 734. The van der Waals surface area contributed by atoms with E-state index in [9.17, 15) is 13.6 Å². The van der Waals surface area contributed by atoms with Crippen LogP contribution in [0.5, 0.6) is 0 Å². The van der Waals surface area contributed by atoms with E-state index in [1.165, 1.54) is 12.1 Å².